The maximum Gasteiger partial charge on any atom is 0.166 e. The van der Waals surface area contributed by atoms with Gasteiger partial charge in [-0.05, 0) is 25.1 Å². The van der Waals surface area contributed by atoms with Crippen LogP contribution in [0, 0.1) is 11.2 Å². The summed E-state index contributed by atoms with van der Waals surface area (Å²) in [6.45, 7) is 7.94. The summed E-state index contributed by atoms with van der Waals surface area (Å²) in [4.78, 5) is 0. The number of hydrogen-bond donors (Lipinski definition) is 1. The van der Waals surface area contributed by atoms with Crippen LogP contribution in [0.5, 0.6) is 5.75 Å². The molecular weight excluding hydrogens is 285 g/mol. The van der Waals surface area contributed by atoms with E-state index in [4.69, 9.17) is 10.5 Å². The topological polar surface area (TPSA) is 35.2 Å². The lowest BCUT2D eigenvalue weighted by molar-refractivity contribution is 0.0647. The van der Waals surface area contributed by atoms with Gasteiger partial charge in [-0.25, -0.2) is 4.39 Å². The number of halogens is 2. The van der Waals surface area contributed by atoms with Crippen LogP contribution < -0.4 is 10.5 Å². The van der Waals surface area contributed by atoms with Gasteiger partial charge in [0, 0.05) is 15.9 Å². The number of nitrogens with two attached hydrogens (primary N) is 1. The van der Waals surface area contributed by atoms with Gasteiger partial charge in [0.15, 0.2) is 11.6 Å². The Bertz CT molecular complexity index is 387. The van der Waals surface area contributed by atoms with Gasteiger partial charge in [-0.3, -0.25) is 0 Å². The number of ether oxygens (including phenoxy) is 1. The molecule has 1 aromatic rings. The lowest BCUT2D eigenvalue weighted by atomic mass is 9.85. The molecule has 0 heterocycles. The first kappa shape index (κ1) is 14.5. The fourth-order valence-electron chi connectivity index (χ4n) is 1.78. The largest absolute Gasteiger partial charge is 0.485 e. The van der Waals surface area contributed by atoms with Crippen LogP contribution in [0.3, 0.4) is 0 Å². The van der Waals surface area contributed by atoms with E-state index < -0.39 is 0 Å². The van der Waals surface area contributed by atoms with E-state index in [2.05, 4.69) is 15.9 Å². The molecule has 17 heavy (non-hydrogen) atoms. The van der Waals surface area contributed by atoms with Crippen LogP contribution in [0.2, 0.25) is 0 Å². The first-order valence-electron chi connectivity index (χ1n) is 5.59. The van der Waals surface area contributed by atoms with Crippen LogP contribution in [-0.4, -0.2) is 12.1 Å². The maximum atomic E-state index is 13.7. The molecule has 0 spiro atoms. The van der Waals surface area contributed by atoms with Gasteiger partial charge in [0.2, 0.25) is 0 Å². The second kappa shape index (κ2) is 5.36. The van der Waals surface area contributed by atoms with Crippen LogP contribution in [0.15, 0.2) is 22.7 Å². The van der Waals surface area contributed by atoms with E-state index in [1.54, 1.807) is 12.1 Å². The molecule has 2 nitrogen and oxygen atoms in total. The highest BCUT2D eigenvalue weighted by atomic mass is 79.9. The molecule has 96 valence electrons. The molecule has 2 atom stereocenters. The minimum absolute atomic E-state index is 0.145. The first-order valence-corrected chi connectivity index (χ1v) is 6.38. The lowest BCUT2D eigenvalue weighted by Crippen LogP contribution is -2.45. The minimum atomic E-state index is -0.380. The van der Waals surface area contributed by atoms with Crippen molar-refractivity contribution in [2.45, 2.75) is 39.8 Å². The summed E-state index contributed by atoms with van der Waals surface area (Å²) >= 11 is 3.21. The van der Waals surface area contributed by atoms with Crippen LogP contribution in [0.1, 0.15) is 27.7 Å². The van der Waals surface area contributed by atoms with Gasteiger partial charge < -0.3 is 10.5 Å². The van der Waals surface area contributed by atoms with Crippen LogP contribution in [-0.2, 0) is 0 Å². The summed E-state index contributed by atoms with van der Waals surface area (Å²) in [5.74, 6) is -0.139. The van der Waals surface area contributed by atoms with Crippen molar-refractivity contribution in [2.24, 2.45) is 11.1 Å². The van der Waals surface area contributed by atoms with Gasteiger partial charge in [0.1, 0.15) is 6.10 Å². The third-order valence-corrected chi connectivity index (χ3v) is 2.97. The molecular formula is C13H19BrFNO. The highest BCUT2D eigenvalue weighted by Crippen LogP contribution is 2.29. The van der Waals surface area contributed by atoms with Crippen LogP contribution in [0.25, 0.3) is 0 Å². The van der Waals surface area contributed by atoms with Crippen molar-refractivity contribution in [3.63, 3.8) is 0 Å². The van der Waals surface area contributed by atoms with Crippen molar-refractivity contribution in [3.8, 4) is 5.75 Å². The molecule has 1 rings (SSSR count). The Morgan fingerprint density at radius 2 is 1.94 bits per heavy atom. The predicted molar refractivity (Wildman–Crippen MR) is 71.6 cm³/mol. The molecule has 0 amide bonds. The zero-order valence-corrected chi connectivity index (χ0v) is 12.2. The normalized spacial score (nSPS) is 15.5. The zero-order valence-electron chi connectivity index (χ0n) is 10.6. The lowest BCUT2D eigenvalue weighted by Gasteiger charge is -2.34. The van der Waals surface area contributed by atoms with E-state index in [1.165, 1.54) is 6.07 Å². The molecule has 0 saturated carbocycles. The molecule has 0 saturated heterocycles. The SMILES string of the molecule is CC(N)C(Oc1ccc(Br)cc1F)C(C)(C)C. The molecule has 2 unspecified atom stereocenters. The molecule has 4 heteroatoms. The van der Waals surface area contributed by atoms with Gasteiger partial charge in [-0.2, -0.15) is 0 Å². The van der Waals surface area contributed by atoms with E-state index in [9.17, 15) is 4.39 Å². The zero-order chi connectivity index (χ0) is 13.2. The molecule has 0 radical (unpaired) electrons. The molecule has 2 N–H and O–H groups in total. The maximum absolute atomic E-state index is 13.7. The van der Waals surface area contributed by atoms with Gasteiger partial charge in [0.05, 0.1) is 0 Å². The predicted octanol–water partition coefficient (Wildman–Crippen LogP) is 3.73. The van der Waals surface area contributed by atoms with E-state index >= 15 is 0 Å². The Hall–Kier alpha value is -0.610. The Morgan fingerprint density at radius 3 is 2.35 bits per heavy atom. The van der Waals surface area contributed by atoms with Crippen molar-refractivity contribution in [3.05, 3.63) is 28.5 Å². The second-order valence-corrected chi connectivity index (χ2v) is 6.25. The van der Waals surface area contributed by atoms with E-state index in [1.807, 2.05) is 27.7 Å². The summed E-state index contributed by atoms with van der Waals surface area (Å²) in [5, 5.41) is 0. The second-order valence-electron chi connectivity index (χ2n) is 5.34. The van der Waals surface area contributed by atoms with Gasteiger partial charge >= 0.3 is 0 Å². The Labute approximate surface area is 110 Å². The van der Waals surface area contributed by atoms with Crippen molar-refractivity contribution >= 4 is 15.9 Å². The summed E-state index contributed by atoms with van der Waals surface area (Å²) in [5.41, 5.74) is 5.75. The summed E-state index contributed by atoms with van der Waals surface area (Å²) < 4.78 is 20.1. The average Bonchev–Trinajstić information content (AvgIpc) is 2.13. The third-order valence-electron chi connectivity index (χ3n) is 2.48. The van der Waals surface area contributed by atoms with Crippen molar-refractivity contribution in [1.29, 1.82) is 0 Å². The fraction of sp³-hybridized carbons (Fsp3) is 0.538. The molecule has 0 aliphatic carbocycles. The number of rotatable bonds is 3. The van der Waals surface area contributed by atoms with E-state index in [0.717, 1.165) is 0 Å². The molecule has 0 aliphatic heterocycles. The quantitative estimate of drug-likeness (QED) is 0.923. The Kier molecular flexibility index (Phi) is 4.55. The smallest absolute Gasteiger partial charge is 0.166 e. The summed E-state index contributed by atoms with van der Waals surface area (Å²) in [6, 6.07) is 4.58. The third kappa shape index (κ3) is 3.96. The standard InChI is InChI=1S/C13H19BrFNO/c1-8(16)12(13(2,3)4)17-11-6-5-9(14)7-10(11)15/h5-8,12H,16H2,1-4H3. The van der Waals surface area contributed by atoms with E-state index in [0.29, 0.717) is 4.47 Å². The molecule has 0 fully saturated rings. The molecule has 0 bridgehead atoms. The number of hydrogen-bond acceptors (Lipinski definition) is 2. The van der Waals surface area contributed by atoms with Crippen molar-refractivity contribution in [2.75, 3.05) is 0 Å². The highest BCUT2D eigenvalue weighted by Gasteiger charge is 2.30. The van der Waals surface area contributed by atoms with Gasteiger partial charge in [-0.15, -0.1) is 0 Å². The first-order chi connectivity index (χ1) is 7.71. The minimum Gasteiger partial charge on any atom is -0.485 e. The van der Waals surface area contributed by atoms with Gasteiger partial charge in [-0.1, -0.05) is 36.7 Å². The molecule has 0 aromatic heterocycles. The highest BCUT2D eigenvalue weighted by molar-refractivity contribution is 9.10. The molecule has 0 aliphatic rings. The summed E-state index contributed by atoms with van der Waals surface area (Å²) in [6.07, 6.45) is -0.238. The fourth-order valence-corrected chi connectivity index (χ4v) is 2.11. The van der Waals surface area contributed by atoms with Crippen LogP contribution in [0.4, 0.5) is 4.39 Å². The number of benzene rings is 1. The van der Waals surface area contributed by atoms with Crippen molar-refractivity contribution in [1.82, 2.24) is 0 Å². The van der Waals surface area contributed by atoms with Crippen LogP contribution >= 0.6 is 15.9 Å². The van der Waals surface area contributed by atoms with E-state index in [-0.39, 0.29) is 29.1 Å². The van der Waals surface area contributed by atoms with Crippen molar-refractivity contribution < 1.29 is 9.13 Å². The van der Waals surface area contributed by atoms with Gasteiger partial charge in [0.25, 0.3) is 0 Å². The Balaban J connectivity index is 2.94. The average molecular weight is 304 g/mol. The molecule has 1 aromatic carbocycles. The Morgan fingerprint density at radius 1 is 1.35 bits per heavy atom. The summed E-state index contributed by atoms with van der Waals surface area (Å²) in [7, 11) is 0. The monoisotopic (exact) mass is 303 g/mol.